The zero-order chi connectivity index (χ0) is 18.4. The number of hydrogen-bond donors (Lipinski definition) is 3. The summed E-state index contributed by atoms with van der Waals surface area (Å²) in [5.41, 5.74) is 7.54. The number of rotatable bonds is 3. The molecule has 0 bridgehead atoms. The van der Waals surface area contributed by atoms with Crippen LogP contribution in [0.5, 0.6) is 5.75 Å². The van der Waals surface area contributed by atoms with Crippen LogP contribution in [0.1, 0.15) is 21.5 Å². The van der Waals surface area contributed by atoms with Crippen molar-refractivity contribution in [1.29, 1.82) is 5.41 Å². The topological polar surface area (TPSA) is 87.2 Å². The molecule has 6 heteroatoms. The van der Waals surface area contributed by atoms with Gasteiger partial charge in [-0.1, -0.05) is 48.0 Å². The Morgan fingerprint density at radius 3 is 2.40 bits per heavy atom. The first kappa shape index (κ1) is 18.9. The first-order valence-electron chi connectivity index (χ1n) is 7.47. The molecule has 0 heterocycles. The maximum absolute atomic E-state index is 10.5. The molecular formula is C19H18ClN2O2P. The van der Waals surface area contributed by atoms with Crippen molar-refractivity contribution < 1.29 is 9.90 Å². The summed E-state index contributed by atoms with van der Waals surface area (Å²) in [5, 5.41) is 18.8. The van der Waals surface area contributed by atoms with Gasteiger partial charge in [-0.15, -0.1) is 9.24 Å². The molecular weight excluding hydrogens is 355 g/mol. The minimum Gasteiger partial charge on any atom is -0.506 e. The van der Waals surface area contributed by atoms with Gasteiger partial charge >= 0.3 is 0 Å². The molecule has 0 fully saturated rings. The third-order valence-electron chi connectivity index (χ3n) is 3.66. The van der Waals surface area contributed by atoms with Gasteiger partial charge in [-0.2, -0.15) is 0 Å². The fourth-order valence-corrected chi connectivity index (χ4v) is 2.89. The second-order valence-electron chi connectivity index (χ2n) is 5.24. The number of benzene rings is 3. The van der Waals surface area contributed by atoms with E-state index < -0.39 is 5.91 Å². The van der Waals surface area contributed by atoms with E-state index in [-0.39, 0.29) is 16.3 Å². The molecule has 0 aliphatic carbocycles. The molecule has 1 amide bonds. The summed E-state index contributed by atoms with van der Waals surface area (Å²) in [6.07, 6.45) is 2.37. The summed E-state index contributed by atoms with van der Waals surface area (Å²) in [6.45, 7) is 0. The third kappa shape index (κ3) is 4.56. The van der Waals surface area contributed by atoms with Gasteiger partial charge in [-0.3, -0.25) is 4.79 Å². The normalized spacial score (nSPS) is 10.0. The molecule has 128 valence electrons. The number of phenolic OH excluding ortho intramolecular Hbond substituents is 1. The maximum atomic E-state index is 10.5. The molecule has 0 aromatic heterocycles. The second-order valence-corrected chi connectivity index (χ2v) is 6.05. The first-order chi connectivity index (χ1) is 12.0. The number of nitrogens with one attached hydrogen (secondary N) is 1. The lowest BCUT2D eigenvalue weighted by Gasteiger charge is -2.06. The van der Waals surface area contributed by atoms with Crippen molar-refractivity contribution in [2.45, 2.75) is 6.16 Å². The van der Waals surface area contributed by atoms with Gasteiger partial charge in [0.15, 0.2) is 0 Å². The number of phenols is 1. The first-order valence-corrected chi connectivity index (χ1v) is 8.67. The number of primary amides is 1. The Morgan fingerprint density at radius 2 is 1.84 bits per heavy atom. The Hall–Kier alpha value is -2.42. The van der Waals surface area contributed by atoms with Crippen LogP contribution in [0, 0.1) is 5.41 Å². The number of carbonyl (C=O) groups excluding carboxylic acids is 1. The number of halogens is 1. The van der Waals surface area contributed by atoms with Gasteiger partial charge in [-0.05, 0) is 46.3 Å². The van der Waals surface area contributed by atoms with Crippen LogP contribution < -0.4 is 5.73 Å². The van der Waals surface area contributed by atoms with Crippen molar-refractivity contribution in [2.24, 2.45) is 5.73 Å². The molecule has 0 radical (unpaired) electrons. The summed E-state index contributed by atoms with van der Waals surface area (Å²) in [6, 6.07) is 16.4. The van der Waals surface area contributed by atoms with E-state index in [2.05, 4.69) is 27.4 Å². The summed E-state index contributed by atoms with van der Waals surface area (Å²) >= 11 is 5.50. The highest BCUT2D eigenvalue weighted by molar-refractivity contribution is 7.15. The van der Waals surface area contributed by atoms with Gasteiger partial charge in [0, 0.05) is 11.8 Å². The van der Waals surface area contributed by atoms with Crippen LogP contribution in [-0.2, 0) is 6.16 Å². The van der Waals surface area contributed by atoms with E-state index in [0.717, 1.165) is 11.7 Å². The average molecular weight is 373 g/mol. The minimum absolute atomic E-state index is 0.0586. The van der Waals surface area contributed by atoms with E-state index in [1.54, 1.807) is 0 Å². The molecule has 3 rings (SSSR count). The molecule has 25 heavy (non-hydrogen) atoms. The van der Waals surface area contributed by atoms with Crippen LogP contribution in [0.25, 0.3) is 10.8 Å². The van der Waals surface area contributed by atoms with Gasteiger partial charge in [0.2, 0.25) is 5.91 Å². The number of nitrogens with two attached hydrogens (primary N) is 1. The zero-order valence-corrected chi connectivity index (χ0v) is 15.3. The van der Waals surface area contributed by atoms with Crippen LogP contribution in [0.3, 0.4) is 0 Å². The molecule has 0 saturated carbocycles. The lowest BCUT2D eigenvalue weighted by Crippen LogP contribution is -2.10. The molecule has 4 nitrogen and oxygen atoms in total. The number of amides is 1. The van der Waals surface area contributed by atoms with E-state index in [0.29, 0.717) is 0 Å². The molecule has 3 aromatic rings. The quantitative estimate of drug-likeness (QED) is 0.471. The number of fused-ring (bicyclic) bond motifs is 1. The van der Waals surface area contributed by atoms with Crippen LogP contribution in [0.15, 0.2) is 54.6 Å². The standard InChI is InChI=1S/C12H12NP.C7H6ClNO2/c13-7-9-5-6-10(8-14)12-4-2-1-3-11(9)12;8-5-3-4(7(9)11)1-2-6(5)10/h1-7,13H,8,14H2;1-3,10H,(H2,9,11). The molecule has 0 aliphatic heterocycles. The SMILES string of the molecule is N=Cc1ccc(CP)c2ccccc12.NC(=O)c1ccc(O)c(Cl)c1. The Bertz CT molecular complexity index is 928. The highest BCUT2D eigenvalue weighted by Crippen LogP contribution is 2.24. The second kappa shape index (κ2) is 8.61. The van der Waals surface area contributed by atoms with Crippen LogP contribution in [0.4, 0.5) is 0 Å². The highest BCUT2D eigenvalue weighted by atomic mass is 35.5. The molecule has 0 saturated heterocycles. The number of aromatic hydroxyl groups is 1. The van der Waals surface area contributed by atoms with E-state index in [1.807, 2.05) is 18.2 Å². The predicted octanol–water partition coefficient (Wildman–Crippen LogP) is 4.36. The lowest BCUT2D eigenvalue weighted by molar-refractivity contribution is 0.100. The van der Waals surface area contributed by atoms with E-state index in [4.69, 9.17) is 27.9 Å². The summed E-state index contributed by atoms with van der Waals surface area (Å²) < 4.78 is 0. The van der Waals surface area contributed by atoms with E-state index >= 15 is 0 Å². The van der Waals surface area contributed by atoms with Crippen molar-refractivity contribution in [1.82, 2.24) is 0 Å². The maximum Gasteiger partial charge on any atom is 0.248 e. The molecule has 0 aliphatic rings. The van der Waals surface area contributed by atoms with Gasteiger partial charge < -0.3 is 16.2 Å². The molecule has 4 N–H and O–H groups in total. The summed E-state index contributed by atoms with van der Waals surface area (Å²) in [7, 11) is 2.74. The van der Waals surface area contributed by atoms with Gasteiger partial charge in [0.25, 0.3) is 0 Å². The van der Waals surface area contributed by atoms with Gasteiger partial charge in [-0.25, -0.2) is 0 Å². The van der Waals surface area contributed by atoms with Crippen molar-refractivity contribution in [2.75, 3.05) is 0 Å². The molecule has 0 spiro atoms. The Balaban J connectivity index is 0.000000186. The third-order valence-corrected chi connectivity index (χ3v) is 4.40. The number of hydrogen-bond acceptors (Lipinski definition) is 3. The molecule has 1 unspecified atom stereocenters. The summed E-state index contributed by atoms with van der Waals surface area (Å²) in [5.74, 6) is -0.622. The van der Waals surface area contributed by atoms with E-state index in [1.165, 1.54) is 40.7 Å². The Labute approximate surface area is 153 Å². The zero-order valence-electron chi connectivity index (χ0n) is 13.4. The van der Waals surface area contributed by atoms with Crippen molar-refractivity contribution >= 4 is 43.7 Å². The minimum atomic E-state index is -0.563. The van der Waals surface area contributed by atoms with Gasteiger partial charge in [0.1, 0.15) is 5.75 Å². The van der Waals surface area contributed by atoms with Crippen molar-refractivity contribution in [3.8, 4) is 5.75 Å². The van der Waals surface area contributed by atoms with Crippen molar-refractivity contribution in [3.05, 3.63) is 76.3 Å². The van der Waals surface area contributed by atoms with Crippen LogP contribution in [-0.4, -0.2) is 17.2 Å². The molecule has 1 atom stereocenters. The predicted molar refractivity (Wildman–Crippen MR) is 107 cm³/mol. The monoisotopic (exact) mass is 372 g/mol. The largest absolute Gasteiger partial charge is 0.506 e. The number of carbonyl (C=O) groups is 1. The Kier molecular flexibility index (Phi) is 6.51. The van der Waals surface area contributed by atoms with E-state index in [9.17, 15) is 4.79 Å². The van der Waals surface area contributed by atoms with Gasteiger partial charge in [0.05, 0.1) is 5.02 Å². The molecule has 3 aromatic carbocycles. The smallest absolute Gasteiger partial charge is 0.248 e. The van der Waals surface area contributed by atoms with Crippen molar-refractivity contribution in [3.63, 3.8) is 0 Å². The van der Waals surface area contributed by atoms with Crippen LogP contribution in [0.2, 0.25) is 5.02 Å². The Morgan fingerprint density at radius 1 is 1.16 bits per heavy atom. The lowest BCUT2D eigenvalue weighted by atomic mass is 10.0. The fraction of sp³-hybridized carbons (Fsp3) is 0.0526. The van der Waals surface area contributed by atoms with Crippen LogP contribution >= 0.6 is 20.8 Å². The average Bonchev–Trinajstić information content (AvgIpc) is 2.63. The highest BCUT2D eigenvalue weighted by Gasteiger charge is 2.03. The fourth-order valence-electron chi connectivity index (χ4n) is 2.35. The summed E-state index contributed by atoms with van der Waals surface area (Å²) in [4.78, 5) is 10.5.